The Morgan fingerprint density at radius 3 is 3.05 bits per heavy atom. The number of hydrogen-bond acceptors (Lipinski definition) is 3. The van der Waals surface area contributed by atoms with Crippen molar-refractivity contribution in [3.8, 4) is 0 Å². The minimum atomic E-state index is 0.257. The smallest absolute Gasteiger partial charge is 0.227 e. The van der Waals surface area contributed by atoms with Crippen LogP contribution in [0.4, 0.5) is 0 Å². The molecule has 5 heteroatoms. The molecule has 0 radical (unpaired) electrons. The Hall–Kier alpha value is -1.36. The summed E-state index contributed by atoms with van der Waals surface area (Å²) in [6.07, 6.45) is 4.58. The number of rotatable bonds is 2. The zero-order chi connectivity index (χ0) is 15.1. The van der Waals surface area contributed by atoms with Crippen molar-refractivity contribution in [1.82, 2.24) is 9.80 Å². The monoisotopic (exact) mass is 318 g/mol. The zero-order valence-corrected chi connectivity index (χ0v) is 13.6. The number of nitrogens with zero attached hydrogens (tertiary/aromatic N) is 2. The number of piperidine rings is 3. The fraction of sp³-hybridized carbons (Fsp3) is 0.647. The molecule has 0 aliphatic carbocycles. The van der Waals surface area contributed by atoms with Gasteiger partial charge in [0.25, 0.3) is 0 Å². The molecule has 4 nitrogen and oxygen atoms in total. The highest BCUT2D eigenvalue weighted by Crippen LogP contribution is 2.38. The summed E-state index contributed by atoms with van der Waals surface area (Å²) in [6, 6.07) is 4.42. The first-order chi connectivity index (χ1) is 10.7. The molecule has 1 aromatic heterocycles. The van der Waals surface area contributed by atoms with Crippen molar-refractivity contribution < 1.29 is 9.59 Å². The van der Waals surface area contributed by atoms with Crippen LogP contribution < -0.4 is 0 Å². The largest absolute Gasteiger partial charge is 0.342 e. The molecule has 4 heterocycles. The van der Waals surface area contributed by atoms with Gasteiger partial charge in [-0.25, -0.2) is 0 Å². The lowest BCUT2D eigenvalue weighted by Crippen LogP contribution is -2.61. The average Bonchev–Trinajstić information content (AvgIpc) is 3.01. The van der Waals surface area contributed by atoms with Crippen LogP contribution in [0.15, 0.2) is 17.5 Å². The number of carbonyl (C=O) groups excluding carboxylic acids is 2. The lowest BCUT2D eigenvalue weighted by molar-refractivity contribution is -0.148. The van der Waals surface area contributed by atoms with Gasteiger partial charge in [-0.15, -0.1) is 11.3 Å². The lowest BCUT2D eigenvalue weighted by atomic mass is 9.76. The minimum Gasteiger partial charge on any atom is -0.342 e. The normalized spacial score (nSPS) is 31.1. The second-order valence-electron chi connectivity index (χ2n) is 6.92. The van der Waals surface area contributed by atoms with E-state index in [-0.39, 0.29) is 5.91 Å². The van der Waals surface area contributed by atoms with Crippen molar-refractivity contribution in [1.29, 1.82) is 0 Å². The molecule has 0 N–H and O–H groups in total. The van der Waals surface area contributed by atoms with Gasteiger partial charge in [0.15, 0.2) is 0 Å². The molecular weight excluding hydrogens is 296 g/mol. The summed E-state index contributed by atoms with van der Waals surface area (Å²) in [6.45, 7) is 2.54. The van der Waals surface area contributed by atoms with E-state index in [1.54, 1.807) is 11.3 Å². The van der Waals surface area contributed by atoms with Gasteiger partial charge in [0.05, 0.1) is 6.42 Å². The van der Waals surface area contributed by atoms with Crippen LogP contribution >= 0.6 is 11.3 Å². The fourth-order valence-corrected chi connectivity index (χ4v) is 5.18. The van der Waals surface area contributed by atoms with Crippen molar-refractivity contribution in [2.24, 2.45) is 11.8 Å². The highest BCUT2D eigenvalue weighted by atomic mass is 32.1. The van der Waals surface area contributed by atoms with E-state index in [0.717, 1.165) is 43.8 Å². The lowest BCUT2D eigenvalue weighted by Gasteiger charge is -2.52. The van der Waals surface area contributed by atoms with Crippen molar-refractivity contribution in [3.05, 3.63) is 22.4 Å². The maximum Gasteiger partial charge on any atom is 0.227 e. The summed E-state index contributed by atoms with van der Waals surface area (Å²) in [5, 5.41) is 2.03. The van der Waals surface area contributed by atoms with Crippen LogP contribution in [0.1, 0.15) is 30.6 Å². The molecule has 3 fully saturated rings. The van der Waals surface area contributed by atoms with E-state index < -0.39 is 0 Å². The SMILES string of the molecule is O=C(Cc1cccs1)N1C[C@H]2C[C@H](C1)[C@H]1CCCC(=O)N1C2. The number of hydrogen-bond donors (Lipinski definition) is 0. The van der Waals surface area contributed by atoms with Crippen LogP contribution in [0, 0.1) is 11.8 Å². The zero-order valence-electron chi connectivity index (χ0n) is 12.7. The molecule has 3 atom stereocenters. The van der Waals surface area contributed by atoms with E-state index in [4.69, 9.17) is 0 Å². The Bertz CT molecular complexity index is 571. The first-order valence-corrected chi connectivity index (χ1v) is 9.18. The summed E-state index contributed by atoms with van der Waals surface area (Å²) in [5.41, 5.74) is 0. The number of thiophene rings is 1. The van der Waals surface area contributed by atoms with E-state index in [0.29, 0.717) is 30.2 Å². The molecule has 3 aliphatic heterocycles. The van der Waals surface area contributed by atoms with E-state index in [9.17, 15) is 9.59 Å². The van der Waals surface area contributed by atoms with Crippen LogP contribution in [-0.2, 0) is 16.0 Å². The third kappa shape index (κ3) is 2.56. The molecule has 2 amide bonds. The summed E-state index contributed by atoms with van der Waals surface area (Å²) < 4.78 is 0. The van der Waals surface area contributed by atoms with Gasteiger partial charge >= 0.3 is 0 Å². The van der Waals surface area contributed by atoms with Crippen molar-refractivity contribution in [3.63, 3.8) is 0 Å². The van der Waals surface area contributed by atoms with Gasteiger partial charge < -0.3 is 9.80 Å². The van der Waals surface area contributed by atoms with Crippen molar-refractivity contribution >= 4 is 23.2 Å². The predicted molar refractivity (Wildman–Crippen MR) is 85.6 cm³/mol. The van der Waals surface area contributed by atoms with E-state index in [1.807, 2.05) is 17.5 Å². The Balaban J connectivity index is 1.46. The number of carbonyl (C=O) groups is 2. The standard InChI is InChI=1S/C17H22N2O2S/c20-16-5-1-4-15-13-7-12(10-19(15)16)9-18(11-13)17(21)8-14-3-2-6-22-14/h2-3,6,12-13,15H,1,4-5,7-11H2/t12-,13-,15-/m1/s1. The van der Waals surface area contributed by atoms with E-state index in [2.05, 4.69) is 9.80 Å². The van der Waals surface area contributed by atoms with Gasteiger partial charge in [0.1, 0.15) is 0 Å². The molecule has 4 rings (SSSR count). The quantitative estimate of drug-likeness (QED) is 0.838. The fourth-order valence-electron chi connectivity index (χ4n) is 4.49. The third-order valence-electron chi connectivity index (χ3n) is 5.44. The Morgan fingerprint density at radius 1 is 1.32 bits per heavy atom. The molecule has 0 spiro atoms. The highest BCUT2D eigenvalue weighted by molar-refractivity contribution is 7.10. The van der Waals surface area contributed by atoms with Gasteiger partial charge in [-0.3, -0.25) is 9.59 Å². The summed E-state index contributed by atoms with van der Waals surface area (Å²) >= 11 is 1.65. The number of fused-ring (bicyclic) bond motifs is 4. The summed E-state index contributed by atoms with van der Waals surface area (Å²) in [5.74, 6) is 1.56. The molecular formula is C17H22N2O2S. The molecule has 0 saturated carbocycles. The Kier molecular flexibility index (Phi) is 3.68. The molecule has 0 unspecified atom stereocenters. The van der Waals surface area contributed by atoms with Crippen LogP contribution in [0.25, 0.3) is 0 Å². The topological polar surface area (TPSA) is 40.6 Å². The minimum absolute atomic E-state index is 0.257. The van der Waals surface area contributed by atoms with E-state index in [1.165, 1.54) is 6.42 Å². The molecule has 22 heavy (non-hydrogen) atoms. The summed E-state index contributed by atoms with van der Waals surface area (Å²) in [4.78, 5) is 30.0. The molecule has 0 aromatic carbocycles. The summed E-state index contributed by atoms with van der Waals surface area (Å²) in [7, 11) is 0. The van der Waals surface area contributed by atoms with Crippen molar-refractivity contribution in [2.45, 2.75) is 38.1 Å². The first-order valence-electron chi connectivity index (χ1n) is 8.30. The molecule has 3 saturated heterocycles. The van der Waals surface area contributed by atoms with Crippen LogP contribution in [0.3, 0.4) is 0 Å². The van der Waals surface area contributed by atoms with Gasteiger partial charge in [-0.2, -0.15) is 0 Å². The van der Waals surface area contributed by atoms with Gasteiger partial charge in [0, 0.05) is 37.0 Å². The average molecular weight is 318 g/mol. The van der Waals surface area contributed by atoms with E-state index >= 15 is 0 Å². The third-order valence-corrected chi connectivity index (χ3v) is 6.31. The van der Waals surface area contributed by atoms with Gasteiger partial charge in [-0.05, 0) is 42.5 Å². The first kappa shape index (κ1) is 14.2. The molecule has 1 aromatic rings. The molecule has 2 bridgehead atoms. The van der Waals surface area contributed by atoms with Gasteiger partial charge in [-0.1, -0.05) is 6.07 Å². The van der Waals surface area contributed by atoms with Crippen LogP contribution in [-0.4, -0.2) is 47.3 Å². The number of likely N-dealkylation sites (tertiary alicyclic amines) is 1. The predicted octanol–water partition coefficient (Wildman–Crippen LogP) is 2.15. The van der Waals surface area contributed by atoms with Crippen molar-refractivity contribution in [2.75, 3.05) is 19.6 Å². The Labute approximate surface area is 135 Å². The second-order valence-corrected chi connectivity index (χ2v) is 7.95. The maximum absolute atomic E-state index is 12.6. The number of amides is 2. The maximum atomic E-state index is 12.6. The van der Waals surface area contributed by atoms with Gasteiger partial charge in [0.2, 0.25) is 11.8 Å². The molecule has 118 valence electrons. The Morgan fingerprint density at radius 2 is 2.23 bits per heavy atom. The highest BCUT2D eigenvalue weighted by Gasteiger charge is 2.44. The second kappa shape index (κ2) is 5.69. The van der Waals surface area contributed by atoms with Crippen LogP contribution in [0.5, 0.6) is 0 Å². The van der Waals surface area contributed by atoms with Crippen LogP contribution in [0.2, 0.25) is 0 Å². The molecule has 3 aliphatic rings.